The molecule has 0 atom stereocenters. The third-order valence-electron chi connectivity index (χ3n) is 2.80. The van der Waals surface area contributed by atoms with Gasteiger partial charge in [0.15, 0.2) is 0 Å². The number of nitro groups is 1. The van der Waals surface area contributed by atoms with Gasteiger partial charge in [-0.3, -0.25) is 10.1 Å². The summed E-state index contributed by atoms with van der Waals surface area (Å²) in [7, 11) is -3.73. The van der Waals surface area contributed by atoms with Gasteiger partial charge < -0.3 is 5.32 Å². The molecule has 8 heteroatoms. The SMILES string of the molecule is CC(C)NS(=O)(=O)c1ccc(NC2CC2)c([N+](=O)[O-])c1. The fourth-order valence-corrected chi connectivity index (χ4v) is 3.05. The second-order valence-electron chi connectivity index (χ2n) is 5.13. The second-order valence-corrected chi connectivity index (χ2v) is 6.84. The van der Waals surface area contributed by atoms with E-state index >= 15 is 0 Å². The Hall–Kier alpha value is -1.67. The lowest BCUT2D eigenvalue weighted by Crippen LogP contribution is -2.30. The Balaban J connectivity index is 2.36. The highest BCUT2D eigenvalue weighted by molar-refractivity contribution is 7.89. The van der Waals surface area contributed by atoms with Gasteiger partial charge in [0, 0.05) is 18.2 Å². The Morgan fingerprint density at radius 2 is 2.00 bits per heavy atom. The van der Waals surface area contributed by atoms with Crippen LogP contribution in [0.3, 0.4) is 0 Å². The van der Waals surface area contributed by atoms with E-state index in [0.717, 1.165) is 18.9 Å². The monoisotopic (exact) mass is 299 g/mol. The highest BCUT2D eigenvalue weighted by atomic mass is 32.2. The predicted molar refractivity (Wildman–Crippen MR) is 75.2 cm³/mol. The average molecular weight is 299 g/mol. The smallest absolute Gasteiger partial charge is 0.293 e. The number of rotatable bonds is 6. The summed E-state index contributed by atoms with van der Waals surface area (Å²) in [6, 6.07) is 3.90. The Morgan fingerprint density at radius 1 is 1.35 bits per heavy atom. The minimum absolute atomic E-state index is 0.0979. The van der Waals surface area contributed by atoms with Gasteiger partial charge in [-0.15, -0.1) is 0 Å². The Kier molecular flexibility index (Phi) is 3.96. The molecule has 0 spiro atoms. The van der Waals surface area contributed by atoms with E-state index in [0.29, 0.717) is 5.69 Å². The fourth-order valence-electron chi connectivity index (χ4n) is 1.78. The summed E-state index contributed by atoms with van der Waals surface area (Å²) < 4.78 is 26.4. The zero-order valence-electron chi connectivity index (χ0n) is 11.3. The predicted octanol–water partition coefficient (Wildman–Crippen LogP) is 1.86. The van der Waals surface area contributed by atoms with E-state index < -0.39 is 14.9 Å². The van der Waals surface area contributed by atoms with Crippen LogP contribution in [0.15, 0.2) is 23.1 Å². The van der Waals surface area contributed by atoms with Crippen LogP contribution in [0.1, 0.15) is 26.7 Å². The van der Waals surface area contributed by atoms with E-state index in [2.05, 4.69) is 10.0 Å². The number of anilines is 1. The molecule has 1 saturated carbocycles. The topological polar surface area (TPSA) is 101 Å². The van der Waals surface area contributed by atoms with Crippen LogP contribution in [0.5, 0.6) is 0 Å². The van der Waals surface area contributed by atoms with Crippen molar-refractivity contribution in [3.05, 3.63) is 28.3 Å². The summed E-state index contributed by atoms with van der Waals surface area (Å²) in [5, 5.41) is 14.1. The molecule has 20 heavy (non-hydrogen) atoms. The van der Waals surface area contributed by atoms with Gasteiger partial charge in [0.25, 0.3) is 5.69 Å². The van der Waals surface area contributed by atoms with Crippen LogP contribution in [-0.2, 0) is 10.0 Å². The first-order chi connectivity index (χ1) is 9.29. The molecule has 1 aliphatic carbocycles. The lowest BCUT2D eigenvalue weighted by Gasteiger charge is -2.11. The largest absolute Gasteiger partial charge is 0.377 e. The first-order valence-corrected chi connectivity index (χ1v) is 7.85. The summed E-state index contributed by atoms with van der Waals surface area (Å²) >= 11 is 0. The molecule has 1 aliphatic rings. The van der Waals surface area contributed by atoms with Crippen molar-refractivity contribution < 1.29 is 13.3 Å². The molecule has 0 heterocycles. The van der Waals surface area contributed by atoms with Crippen molar-refractivity contribution in [3.8, 4) is 0 Å². The molecule has 1 fully saturated rings. The lowest BCUT2D eigenvalue weighted by molar-refractivity contribution is -0.384. The summed E-state index contributed by atoms with van der Waals surface area (Å²) in [4.78, 5) is 10.4. The number of sulfonamides is 1. The zero-order valence-corrected chi connectivity index (χ0v) is 12.1. The maximum atomic E-state index is 12.0. The number of hydrogen-bond donors (Lipinski definition) is 2. The fraction of sp³-hybridized carbons (Fsp3) is 0.500. The van der Waals surface area contributed by atoms with Crippen LogP contribution in [0.25, 0.3) is 0 Å². The molecular formula is C12H17N3O4S. The van der Waals surface area contributed by atoms with E-state index in [4.69, 9.17) is 0 Å². The van der Waals surface area contributed by atoms with Crippen molar-refractivity contribution in [2.75, 3.05) is 5.32 Å². The summed E-state index contributed by atoms with van der Waals surface area (Å²) in [6.07, 6.45) is 1.96. The minimum Gasteiger partial charge on any atom is -0.377 e. The van der Waals surface area contributed by atoms with Crippen molar-refractivity contribution in [2.45, 2.75) is 43.7 Å². The third-order valence-corrected chi connectivity index (χ3v) is 4.46. The molecule has 2 rings (SSSR count). The second kappa shape index (κ2) is 5.37. The molecule has 110 valence electrons. The number of nitrogens with one attached hydrogen (secondary N) is 2. The molecule has 2 N–H and O–H groups in total. The number of hydrogen-bond acceptors (Lipinski definition) is 5. The van der Waals surface area contributed by atoms with E-state index in [1.54, 1.807) is 13.8 Å². The zero-order chi connectivity index (χ0) is 14.9. The summed E-state index contributed by atoms with van der Waals surface area (Å²) in [5.74, 6) is 0. The van der Waals surface area contributed by atoms with Gasteiger partial charge in [-0.25, -0.2) is 13.1 Å². The first-order valence-electron chi connectivity index (χ1n) is 6.37. The van der Waals surface area contributed by atoms with Gasteiger partial charge in [0.1, 0.15) is 5.69 Å². The standard InChI is InChI=1S/C12H17N3O4S/c1-8(2)14-20(18,19)10-5-6-11(13-9-3-4-9)12(7-10)15(16)17/h5-9,13-14H,3-4H2,1-2H3. The number of nitro benzene ring substituents is 1. The lowest BCUT2D eigenvalue weighted by atomic mass is 10.2. The molecule has 1 aromatic carbocycles. The molecule has 0 bridgehead atoms. The molecule has 1 aromatic rings. The number of benzene rings is 1. The molecule has 7 nitrogen and oxygen atoms in total. The van der Waals surface area contributed by atoms with Crippen molar-refractivity contribution in [3.63, 3.8) is 0 Å². The van der Waals surface area contributed by atoms with Crippen LogP contribution in [0.2, 0.25) is 0 Å². The molecule has 0 aliphatic heterocycles. The van der Waals surface area contributed by atoms with Crippen LogP contribution < -0.4 is 10.0 Å². The van der Waals surface area contributed by atoms with E-state index in [-0.39, 0.29) is 22.7 Å². The van der Waals surface area contributed by atoms with E-state index in [9.17, 15) is 18.5 Å². The molecule has 0 aromatic heterocycles. The van der Waals surface area contributed by atoms with Crippen molar-refractivity contribution in [1.82, 2.24) is 4.72 Å². The Bertz CT molecular complexity index is 624. The van der Waals surface area contributed by atoms with Gasteiger partial charge in [-0.05, 0) is 38.8 Å². The Labute approximate surface area is 117 Å². The van der Waals surface area contributed by atoms with Crippen LogP contribution in [0.4, 0.5) is 11.4 Å². The quantitative estimate of drug-likeness (QED) is 0.616. The maximum Gasteiger partial charge on any atom is 0.293 e. The summed E-state index contributed by atoms with van der Waals surface area (Å²) in [6.45, 7) is 3.38. The highest BCUT2D eigenvalue weighted by Crippen LogP contribution is 2.32. The van der Waals surface area contributed by atoms with Gasteiger partial charge in [0.2, 0.25) is 10.0 Å². The first kappa shape index (κ1) is 14.7. The van der Waals surface area contributed by atoms with Crippen molar-refractivity contribution in [1.29, 1.82) is 0 Å². The summed E-state index contributed by atoms with van der Waals surface area (Å²) in [5.41, 5.74) is 0.143. The third kappa shape index (κ3) is 3.45. The van der Waals surface area contributed by atoms with Crippen LogP contribution >= 0.6 is 0 Å². The van der Waals surface area contributed by atoms with Crippen molar-refractivity contribution >= 4 is 21.4 Å². The molecule has 0 amide bonds. The molecule has 0 unspecified atom stereocenters. The highest BCUT2D eigenvalue weighted by Gasteiger charge is 2.26. The maximum absolute atomic E-state index is 12.0. The van der Waals surface area contributed by atoms with Crippen molar-refractivity contribution in [2.24, 2.45) is 0 Å². The van der Waals surface area contributed by atoms with Gasteiger partial charge >= 0.3 is 0 Å². The van der Waals surface area contributed by atoms with E-state index in [1.807, 2.05) is 0 Å². The van der Waals surface area contributed by atoms with Crippen LogP contribution in [0, 0.1) is 10.1 Å². The minimum atomic E-state index is -3.73. The van der Waals surface area contributed by atoms with Gasteiger partial charge in [0.05, 0.1) is 9.82 Å². The van der Waals surface area contributed by atoms with Crippen LogP contribution in [-0.4, -0.2) is 25.4 Å². The molecule has 0 saturated heterocycles. The normalized spacial score (nSPS) is 15.3. The van der Waals surface area contributed by atoms with Gasteiger partial charge in [-0.2, -0.15) is 0 Å². The molecular weight excluding hydrogens is 282 g/mol. The van der Waals surface area contributed by atoms with E-state index in [1.165, 1.54) is 12.1 Å². The average Bonchev–Trinajstić information content (AvgIpc) is 3.11. The number of nitrogens with zero attached hydrogens (tertiary/aromatic N) is 1. The Morgan fingerprint density at radius 3 is 2.50 bits per heavy atom. The van der Waals surface area contributed by atoms with Gasteiger partial charge in [-0.1, -0.05) is 0 Å². The molecule has 0 radical (unpaired) electrons.